The lowest BCUT2D eigenvalue weighted by molar-refractivity contribution is 0.838. The van der Waals surface area contributed by atoms with Gasteiger partial charge in [0.2, 0.25) is 0 Å². The lowest BCUT2D eigenvalue weighted by Crippen LogP contribution is -2.24. The fourth-order valence-electron chi connectivity index (χ4n) is 7.98. The first-order chi connectivity index (χ1) is 24.6. The third kappa shape index (κ3) is 4.32. The van der Waals surface area contributed by atoms with Gasteiger partial charge in [-0.05, 0) is 91.0 Å². The van der Waals surface area contributed by atoms with Gasteiger partial charge in [-0.15, -0.1) is 0 Å². The molecule has 0 fully saturated rings. The third-order valence-corrected chi connectivity index (χ3v) is 10.4. The molecule has 0 amide bonds. The van der Waals surface area contributed by atoms with E-state index < -0.39 is 0 Å². The first-order valence-corrected chi connectivity index (χ1v) is 17.0. The summed E-state index contributed by atoms with van der Waals surface area (Å²) in [6.45, 7) is 0. The molecule has 0 atom stereocenters. The van der Waals surface area contributed by atoms with Crippen molar-refractivity contribution in [1.82, 2.24) is 14.0 Å². The van der Waals surface area contributed by atoms with Crippen molar-refractivity contribution in [3.05, 3.63) is 180 Å². The molecule has 0 spiro atoms. The Labute approximate surface area is 288 Å². The summed E-state index contributed by atoms with van der Waals surface area (Å²) in [5, 5.41) is 9.60. The van der Waals surface area contributed by atoms with E-state index in [4.69, 9.17) is 4.98 Å². The van der Waals surface area contributed by atoms with Gasteiger partial charge in [-0.3, -0.25) is 14.0 Å². The Balaban J connectivity index is 1.05. The zero-order chi connectivity index (χ0) is 33.3. The number of para-hydroxylation sites is 1. The van der Waals surface area contributed by atoms with Gasteiger partial charge in [0.15, 0.2) is 0 Å². The van der Waals surface area contributed by atoms with Crippen molar-refractivity contribution in [2.24, 2.45) is 7.05 Å². The topological polar surface area (TPSA) is 39.3 Å². The van der Waals surface area contributed by atoms with E-state index >= 15 is 0 Å². The van der Waals surface area contributed by atoms with Crippen molar-refractivity contribution in [3.8, 4) is 22.3 Å². The highest BCUT2D eigenvalue weighted by atomic mass is 16.1. The Morgan fingerprint density at radius 3 is 1.86 bits per heavy atom. The maximum absolute atomic E-state index is 13.4. The van der Waals surface area contributed by atoms with Gasteiger partial charge in [0.05, 0.1) is 16.6 Å². The van der Waals surface area contributed by atoms with Crippen molar-refractivity contribution >= 4 is 59.6 Å². The van der Waals surface area contributed by atoms with Crippen LogP contribution in [-0.2, 0) is 13.5 Å². The van der Waals surface area contributed by atoms with E-state index in [1.165, 1.54) is 49.0 Å². The number of nitrogens with zero attached hydrogens (tertiary/aromatic N) is 3. The monoisotopic (exact) mass is 641 g/mol. The minimum absolute atomic E-state index is 0.0437. The molecule has 10 aromatic rings. The molecule has 3 aromatic heterocycles. The number of hydrogen-bond donors (Lipinski definition) is 0. The van der Waals surface area contributed by atoms with Crippen molar-refractivity contribution in [2.75, 3.05) is 0 Å². The molecule has 3 heterocycles. The zero-order valence-electron chi connectivity index (χ0n) is 27.5. The number of hydrogen-bond acceptors (Lipinski definition) is 2. The second-order valence-electron chi connectivity index (χ2n) is 13.2. The number of aryl methyl sites for hydroxylation is 1. The van der Waals surface area contributed by atoms with Crippen LogP contribution < -0.4 is 5.69 Å². The number of aromatic nitrogens is 3. The van der Waals surface area contributed by atoms with Crippen LogP contribution in [0.25, 0.3) is 81.9 Å². The zero-order valence-corrected chi connectivity index (χ0v) is 27.5. The second kappa shape index (κ2) is 11.0. The smallest absolute Gasteiger partial charge is 0.296 e. The summed E-state index contributed by atoms with van der Waals surface area (Å²) in [5.41, 5.74) is 9.65. The van der Waals surface area contributed by atoms with Crippen molar-refractivity contribution in [3.63, 3.8) is 0 Å². The van der Waals surface area contributed by atoms with Gasteiger partial charge in [-0.2, -0.15) is 0 Å². The minimum atomic E-state index is -0.0437. The molecule has 0 saturated carbocycles. The van der Waals surface area contributed by atoms with Crippen LogP contribution in [-0.4, -0.2) is 14.0 Å². The highest BCUT2D eigenvalue weighted by Crippen LogP contribution is 2.41. The normalized spacial score (nSPS) is 11.9. The second-order valence-corrected chi connectivity index (χ2v) is 13.2. The van der Waals surface area contributed by atoms with Crippen molar-refractivity contribution in [1.29, 1.82) is 0 Å². The molecule has 0 aliphatic carbocycles. The van der Waals surface area contributed by atoms with Crippen LogP contribution in [0.4, 0.5) is 0 Å². The highest BCUT2D eigenvalue weighted by molar-refractivity contribution is 6.15. The van der Waals surface area contributed by atoms with Crippen LogP contribution in [0, 0.1) is 0 Å². The largest absolute Gasteiger partial charge is 0.333 e. The average Bonchev–Trinajstić information content (AvgIpc) is 3.56. The Kier molecular flexibility index (Phi) is 6.27. The molecular weight excluding hydrogens is 611 g/mol. The van der Waals surface area contributed by atoms with Crippen LogP contribution in [0.15, 0.2) is 163 Å². The fraction of sp³-hybridized carbons (Fsp3) is 0.0435. The summed E-state index contributed by atoms with van der Waals surface area (Å²) in [6, 6.07) is 53.8. The standard InChI is InChI=1S/C46H31N3O/c1-48-43-17-9-8-16-40(43)44-26-34-25-31(21-23-42(34)49(44)46(48)50)33-20-22-35(47-28-33)27-41-36-12-4-6-14-38(36)45(39-15-7-5-13-37(39)41)32-19-18-29-10-2-3-11-30(29)24-32/h2-26,28H,27H2,1H3. The summed E-state index contributed by atoms with van der Waals surface area (Å²) in [4.78, 5) is 18.4. The van der Waals surface area contributed by atoms with E-state index in [2.05, 4.69) is 133 Å². The Morgan fingerprint density at radius 2 is 1.12 bits per heavy atom. The first-order valence-electron chi connectivity index (χ1n) is 17.0. The van der Waals surface area contributed by atoms with Gasteiger partial charge in [0, 0.05) is 41.7 Å². The predicted octanol–water partition coefficient (Wildman–Crippen LogP) is 10.7. The van der Waals surface area contributed by atoms with E-state index in [0.29, 0.717) is 0 Å². The molecule has 0 bridgehead atoms. The lowest BCUT2D eigenvalue weighted by Gasteiger charge is -2.17. The number of rotatable bonds is 4. The maximum Gasteiger partial charge on any atom is 0.333 e. The van der Waals surface area contributed by atoms with E-state index in [1.54, 1.807) is 4.57 Å². The van der Waals surface area contributed by atoms with Crippen LogP contribution in [0.5, 0.6) is 0 Å². The molecular formula is C46H31N3O. The van der Waals surface area contributed by atoms with Gasteiger partial charge < -0.3 is 0 Å². The van der Waals surface area contributed by atoms with Gasteiger partial charge in [-0.1, -0.05) is 115 Å². The van der Waals surface area contributed by atoms with Crippen molar-refractivity contribution in [2.45, 2.75) is 6.42 Å². The molecule has 10 rings (SSSR count). The van der Waals surface area contributed by atoms with Crippen LogP contribution in [0.3, 0.4) is 0 Å². The summed E-state index contributed by atoms with van der Waals surface area (Å²) < 4.78 is 3.55. The van der Waals surface area contributed by atoms with E-state index in [0.717, 1.165) is 50.6 Å². The van der Waals surface area contributed by atoms with Gasteiger partial charge >= 0.3 is 5.69 Å². The molecule has 0 N–H and O–H groups in total. The third-order valence-electron chi connectivity index (χ3n) is 10.4. The van der Waals surface area contributed by atoms with E-state index in [-0.39, 0.29) is 5.69 Å². The first kappa shape index (κ1) is 28.5. The Morgan fingerprint density at radius 1 is 0.500 bits per heavy atom. The predicted molar refractivity (Wildman–Crippen MR) is 208 cm³/mol. The molecule has 4 nitrogen and oxygen atoms in total. The van der Waals surface area contributed by atoms with Gasteiger partial charge in [0.1, 0.15) is 0 Å². The van der Waals surface area contributed by atoms with Gasteiger partial charge in [0.25, 0.3) is 0 Å². The average molecular weight is 642 g/mol. The molecule has 0 aliphatic rings. The summed E-state index contributed by atoms with van der Waals surface area (Å²) >= 11 is 0. The Bertz CT molecular complexity index is 2980. The Hall–Kier alpha value is -6.52. The van der Waals surface area contributed by atoms with E-state index in [9.17, 15) is 4.79 Å². The van der Waals surface area contributed by atoms with E-state index in [1.807, 2.05) is 35.8 Å². The number of pyridine rings is 1. The summed E-state index contributed by atoms with van der Waals surface area (Å²) in [5.74, 6) is 0. The molecule has 7 aromatic carbocycles. The van der Waals surface area contributed by atoms with Crippen LogP contribution >= 0.6 is 0 Å². The summed E-state index contributed by atoms with van der Waals surface area (Å²) in [7, 11) is 1.84. The minimum Gasteiger partial charge on any atom is -0.296 e. The lowest BCUT2D eigenvalue weighted by atomic mass is 9.86. The molecule has 0 radical (unpaired) electrons. The fourth-order valence-corrected chi connectivity index (χ4v) is 7.98. The van der Waals surface area contributed by atoms with Gasteiger partial charge in [-0.25, -0.2) is 4.79 Å². The highest BCUT2D eigenvalue weighted by Gasteiger charge is 2.17. The quantitative estimate of drug-likeness (QED) is 0.179. The molecule has 0 unspecified atom stereocenters. The molecule has 4 heteroatoms. The van der Waals surface area contributed by atoms with Crippen LogP contribution in [0.1, 0.15) is 11.3 Å². The SMILES string of the molecule is Cn1c(=O)n2c3ccc(-c4ccc(Cc5c6ccccc6c(-c6ccc7ccccc7c6)c6ccccc56)nc4)cc3cc2c2ccccc21. The van der Waals surface area contributed by atoms with Crippen molar-refractivity contribution < 1.29 is 0 Å². The molecule has 236 valence electrons. The maximum atomic E-state index is 13.4. The number of fused-ring (bicyclic) bond motifs is 8. The van der Waals surface area contributed by atoms with Crippen LogP contribution in [0.2, 0.25) is 0 Å². The summed E-state index contributed by atoms with van der Waals surface area (Å²) in [6.07, 6.45) is 2.70. The number of benzene rings is 7. The molecule has 0 aliphatic heterocycles. The molecule has 0 saturated heterocycles. The molecule has 50 heavy (non-hydrogen) atoms.